The average Bonchev–Trinajstić information content (AvgIpc) is 3.78. The van der Waals surface area contributed by atoms with Gasteiger partial charge in [0.15, 0.2) is 0 Å². The minimum Gasteiger partial charge on any atom is -0.370 e. The van der Waals surface area contributed by atoms with E-state index in [1.54, 1.807) is 6.26 Å². The van der Waals surface area contributed by atoms with E-state index in [9.17, 15) is 9.11 Å². The van der Waals surface area contributed by atoms with E-state index >= 15 is 0 Å². The number of ether oxygens (including phenoxy) is 1. The SMILES string of the molecule is CCCCc1cnc(N2CCN(C(C)CCOC34C=CC(CS(C)(O)O)=C(C5CC5)C3C4)CC2)nc1. The van der Waals surface area contributed by atoms with Gasteiger partial charge < -0.3 is 9.64 Å². The van der Waals surface area contributed by atoms with Crippen molar-refractivity contribution >= 4 is 16.5 Å². The summed E-state index contributed by atoms with van der Waals surface area (Å²) < 4.78 is 26.6. The Morgan fingerprint density at radius 2 is 1.89 bits per heavy atom. The molecule has 1 aliphatic heterocycles. The lowest BCUT2D eigenvalue weighted by Crippen LogP contribution is -2.50. The Balaban J connectivity index is 1.07. The largest absolute Gasteiger partial charge is 0.370 e. The summed E-state index contributed by atoms with van der Waals surface area (Å²) in [6.07, 6.45) is 17.9. The Hall–Kier alpha value is -1.45. The fourth-order valence-electron chi connectivity index (χ4n) is 5.94. The maximum atomic E-state index is 10.0. The average molecular weight is 517 g/mol. The Morgan fingerprint density at radius 1 is 1.17 bits per heavy atom. The smallest absolute Gasteiger partial charge is 0.225 e. The van der Waals surface area contributed by atoms with E-state index in [0.29, 0.717) is 23.6 Å². The first-order valence-electron chi connectivity index (χ1n) is 13.8. The number of anilines is 1. The van der Waals surface area contributed by atoms with Crippen LogP contribution in [-0.2, 0) is 11.2 Å². The van der Waals surface area contributed by atoms with Crippen molar-refractivity contribution in [3.8, 4) is 0 Å². The topological polar surface area (TPSA) is 82.0 Å². The number of aromatic nitrogens is 2. The number of piperazine rings is 1. The summed E-state index contributed by atoms with van der Waals surface area (Å²) in [6, 6.07) is 0.479. The second-order valence-corrected chi connectivity index (χ2v) is 13.7. The molecule has 1 aromatic heterocycles. The van der Waals surface area contributed by atoms with Crippen molar-refractivity contribution in [2.45, 2.75) is 70.4 Å². The highest BCUT2D eigenvalue weighted by Gasteiger charge is 2.59. The molecule has 2 heterocycles. The van der Waals surface area contributed by atoms with Crippen molar-refractivity contribution in [2.75, 3.05) is 49.7 Å². The first kappa shape index (κ1) is 26.2. The number of rotatable bonds is 12. The fourth-order valence-corrected chi connectivity index (χ4v) is 6.79. The van der Waals surface area contributed by atoms with Gasteiger partial charge in [-0.15, -0.1) is 0 Å². The van der Waals surface area contributed by atoms with E-state index in [-0.39, 0.29) is 5.60 Å². The molecule has 3 aliphatic carbocycles. The minimum absolute atomic E-state index is 0.142. The van der Waals surface area contributed by atoms with Crippen molar-refractivity contribution in [1.82, 2.24) is 14.9 Å². The lowest BCUT2D eigenvalue weighted by Gasteiger charge is -2.38. The van der Waals surface area contributed by atoms with Crippen LogP contribution < -0.4 is 4.90 Å². The van der Waals surface area contributed by atoms with E-state index in [4.69, 9.17) is 4.74 Å². The molecule has 200 valence electrons. The lowest BCUT2D eigenvalue weighted by atomic mass is 9.93. The molecule has 1 aromatic rings. The van der Waals surface area contributed by atoms with Crippen LogP contribution in [0.2, 0.25) is 0 Å². The highest BCUT2D eigenvalue weighted by molar-refractivity contribution is 8.23. The highest BCUT2D eigenvalue weighted by atomic mass is 32.3. The third kappa shape index (κ3) is 6.16. The van der Waals surface area contributed by atoms with Crippen LogP contribution >= 0.6 is 10.6 Å². The molecule has 7 nitrogen and oxygen atoms in total. The van der Waals surface area contributed by atoms with Crippen molar-refractivity contribution < 1.29 is 13.8 Å². The lowest BCUT2D eigenvalue weighted by molar-refractivity contribution is 0.0401. The Kier molecular flexibility index (Phi) is 7.80. The standard InChI is InChI=1S/C28H44N4O3S/c1-4-5-6-22-18-29-27(30-19-22)32-14-12-31(13-15-32)21(2)10-16-35-28-11-9-24(20-36(3,33)34)26(23-7-8-23)25(28)17-28/h9,11,18-19,21,23,25,33-34H,4-8,10,12-17,20H2,1-3H3. The van der Waals surface area contributed by atoms with Crippen molar-refractivity contribution in [3.05, 3.63) is 41.3 Å². The normalized spacial score (nSPS) is 27.8. The molecule has 0 radical (unpaired) electrons. The number of hydrogen-bond acceptors (Lipinski definition) is 7. The van der Waals surface area contributed by atoms with Gasteiger partial charge in [-0.2, -0.15) is 10.6 Å². The van der Waals surface area contributed by atoms with Crippen molar-refractivity contribution in [3.63, 3.8) is 0 Å². The summed E-state index contributed by atoms with van der Waals surface area (Å²) in [6.45, 7) is 9.26. The first-order chi connectivity index (χ1) is 17.3. The summed E-state index contributed by atoms with van der Waals surface area (Å²) in [5, 5.41) is 0. The highest BCUT2D eigenvalue weighted by Crippen LogP contribution is 2.61. The molecule has 3 fully saturated rings. The first-order valence-corrected chi connectivity index (χ1v) is 16.0. The molecule has 0 bridgehead atoms. The number of allylic oxidation sites excluding steroid dienone is 1. The van der Waals surface area contributed by atoms with E-state index < -0.39 is 10.6 Å². The van der Waals surface area contributed by atoms with E-state index in [1.807, 2.05) is 12.4 Å². The molecule has 2 saturated carbocycles. The van der Waals surface area contributed by atoms with E-state index in [1.165, 1.54) is 36.8 Å². The van der Waals surface area contributed by atoms with Crippen molar-refractivity contribution in [1.29, 1.82) is 0 Å². The van der Waals surface area contributed by atoms with Gasteiger partial charge in [0.05, 0.1) is 11.4 Å². The molecule has 2 N–H and O–H groups in total. The van der Waals surface area contributed by atoms with Gasteiger partial charge in [0, 0.05) is 63.4 Å². The van der Waals surface area contributed by atoms with Gasteiger partial charge in [-0.1, -0.05) is 31.1 Å². The van der Waals surface area contributed by atoms with Crippen LogP contribution in [-0.4, -0.2) is 80.4 Å². The van der Waals surface area contributed by atoms with Crippen LogP contribution in [0.4, 0.5) is 5.95 Å². The zero-order valence-corrected chi connectivity index (χ0v) is 23.1. The van der Waals surface area contributed by atoms with Crippen LogP contribution in [0.3, 0.4) is 0 Å². The quantitative estimate of drug-likeness (QED) is 0.397. The number of unbranched alkanes of at least 4 members (excludes halogenated alkanes) is 1. The van der Waals surface area contributed by atoms with Crippen LogP contribution in [0.5, 0.6) is 0 Å². The zero-order chi connectivity index (χ0) is 25.3. The van der Waals surface area contributed by atoms with Gasteiger partial charge in [0.1, 0.15) is 0 Å². The molecule has 0 aromatic carbocycles. The molecule has 3 atom stereocenters. The van der Waals surface area contributed by atoms with Crippen LogP contribution in [0, 0.1) is 11.8 Å². The molecule has 0 amide bonds. The number of fused-ring (bicyclic) bond motifs is 1. The predicted molar refractivity (Wildman–Crippen MR) is 148 cm³/mol. The van der Waals surface area contributed by atoms with Gasteiger partial charge in [-0.25, -0.2) is 9.97 Å². The van der Waals surface area contributed by atoms with E-state index in [2.05, 4.69) is 45.8 Å². The molecular weight excluding hydrogens is 472 g/mol. The fraction of sp³-hybridized carbons (Fsp3) is 0.714. The zero-order valence-electron chi connectivity index (χ0n) is 22.2. The molecule has 3 unspecified atom stereocenters. The van der Waals surface area contributed by atoms with Crippen LogP contribution in [0.1, 0.15) is 57.9 Å². The predicted octanol–water partition coefficient (Wildman–Crippen LogP) is 5.15. The maximum absolute atomic E-state index is 10.0. The number of hydrogen-bond donors (Lipinski definition) is 2. The molecule has 4 aliphatic rings. The molecule has 0 spiro atoms. The number of nitrogens with zero attached hydrogens (tertiary/aromatic N) is 4. The maximum Gasteiger partial charge on any atom is 0.225 e. The van der Waals surface area contributed by atoms with Gasteiger partial charge >= 0.3 is 0 Å². The second-order valence-electron chi connectivity index (χ2n) is 11.4. The Labute approximate surface area is 218 Å². The van der Waals surface area contributed by atoms with Crippen molar-refractivity contribution in [2.24, 2.45) is 11.8 Å². The van der Waals surface area contributed by atoms with Gasteiger partial charge in [0.2, 0.25) is 5.95 Å². The van der Waals surface area contributed by atoms with E-state index in [0.717, 1.165) is 63.6 Å². The monoisotopic (exact) mass is 516 g/mol. The van der Waals surface area contributed by atoms with Crippen LogP contribution in [0.15, 0.2) is 35.7 Å². The Bertz CT molecular complexity index is 964. The second kappa shape index (κ2) is 10.7. The third-order valence-electron chi connectivity index (χ3n) is 8.35. The minimum atomic E-state index is -2.52. The summed E-state index contributed by atoms with van der Waals surface area (Å²) in [5.74, 6) is 2.32. The molecule has 36 heavy (non-hydrogen) atoms. The van der Waals surface area contributed by atoms with Gasteiger partial charge in [0.25, 0.3) is 0 Å². The van der Waals surface area contributed by atoms with Gasteiger partial charge in [-0.05, 0) is 62.5 Å². The Morgan fingerprint density at radius 3 is 2.53 bits per heavy atom. The summed E-state index contributed by atoms with van der Waals surface area (Å²) in [5.41, 5.74) is 3.71. The summed E-state index contributed by atoms with van der Waals surface area (Å²) >= 11 is 0. The molecule has 1 saturated heterocycles. The molecule has 8 heteroatoms. The molecular formula is C28H44N4O3S. The number of aryl methyl sites for hydroxylation is 1. The van der Waals surface area contributed by atoms with Gasteiger partial charge in [-0.3, -0.25) is 14.0 Å². The summed E-state index contributed by atoms with van der Waals surface area (Å²) in [7, 11) is -2.52. The van der Waals surface area contributed by atoms with Crippen LogP contribution in [0.25, 0.3) is 0 Å². The third-order valence-corrected chi connectivity index (χ3v) is 9.21. The molecule has 5 rings (SSSR count). The summed E-state index contributed by atoms with van der Waals surface area (Å²) in [4.78, 5) is 14.1.